The third kappa shape index (κ3) is 6.01. The van der Waals surface area contributed by atoms with Crippen molar-refractivity contribution in [1.82, 2.24) is 5.32 Å². The van der Waals surface area contributed by atoms with E-state index in [1.54, 1.807) is 6.21 Å². The number of rotatable bonds is 7. The van der Waals surface area contributed by atoms with Crippen molar-refractivity contribution in [2.75, 3.05) is 6.54 Å². The minimum atomic E-state index is -0.554. The Morgan fingerprint density at radius 2 is 2.17 bits per heavy atom. The molecule has 0 fully saturated rings. The smallest absolute Gasteiger partial charge is 0.275 e. The zero-order chi connectivity index (χ0) is 17.5. The number of nitrogens with one attached hydrogen (secondary N) is 1. The average molecular weight is 321 g/mol. The van der Waals surface area contributed by atoms with Crippen molar-refractivity contribution in [2.24, 2.45) is 33.9 Å². The van der Waals surface area contributed by atoms with Crippen molar-refractivity contribution in [2.45, 2.75) is 60.1 Å². The summed E-state index contributed by atoms with van der Waals surface area (Å²) in [4.78, 5) is 4.07. The van der Waals surface area contributed by atoms with Crippen LogP contribution in [0.1, 0.15) is 53.9 Å². The number of nitrogens with two attached hydrogens (primary N) is 1. The van der Waals surface area contributed by atoms with E-state index in [-0.39, 0.29) is 11.3 Å². The molecule has 130 valence electrons. The van der Waals surface area contributed by atoms with Crippen LogP contribution in [0.25, 0.3) is 0 Å². The molecular formula is C19H34N3O+. The van der Waals surface area contributed by atoms with Gasteiger partial charge in [-0.2, -0.15) is 0 Å². The predicted octanol–water partition coefficient (Wildman–Crippen LogP) is 2.62. The quantitative estimate of drug-likeness (QED) is 0.430. The molecule has 1 heterocycles. The first-order valence-electron chi connectivity index (χ1n) is 8.77. The molecule has 0 aromatic carbocycles. The van der Waals surface area contributed by atoms with E-state index in [1.165, 1.54) is 6.42 Å². The molecule has 0 saturated heterocycles. The lowest BCUT2D eigenvalue weighted by Crippen LogP contribution is -2.42. The van der Waals surface area contributed by atoms with Crippen LogP contribution in [-0.4, -0.2) is 24.1 Å². The van der Waals surface area contributed by atoms with E-state index >= 15 is 0 Å². The second-order valence-corrected chi connectivity index (χ2v) is 7.03. The fourth-order valence-electron chi connectivity index (χ4n) is 2.86. The lowest BCUT2D eigenvalue weighted by atomic mass is 9.69. The number of hydrogen-bond donors (Lipinski definition) is 2. The minimum absolute atomic E-state index is 0.0774. The Labute approximate surface area is 141 Å². The van der Waals surface area contributed by atoms with E-state index in [4.69, 9.17) is 10.8 Å². The van der Waals surface area contributed by atoms with Crippen LogP contribution in [0.4, 0.5) is 0 Å². The molecule has 4 heteroatoms. The van der Waals surface area contributed by atoms with Gasteiger partial charge in [-0.1, -0.05) is 47.0 Å². The average Bonchev–Trinajstić information content (AvgIpc) is 2.57. The van der Waals surface area contributed by atoms with Crippen molar-refractivity contribution in [3.8, 4) is 11.8 Å². The van der Waals surface area contributed by atoms with Crippen LogP contribution < -0.4 is 11.1 Å². The largest absolute Gasteiger partial charge is 0.421 e. The van der Waals surface area contributed by atoms with Gasteiger partial charge in [0, 0.05) is 18.7 Å². The summed E-state index contributed by atoms with van der Waals surface area (Å²) in [6.07, 6.45) is 6.18. The monoisotopic (exact) mass is 320 g/mol. The van der Waals surface area contributed by atoms with Crippen LogP contribution >= 0.6 is 0 Å². The first-order valence-corrected chi connectivity index (χ1v) is 8.77. The van der Waals surface area contributed by atoms with Gasteiger partial charge < -0.3 is 10.8 Å². The van der Waals surface area contributed by atoms with Gasteiger partial charge >= 0.3 is 0 Å². The van der Waals surface area contributed by atoms with E-state index in [0.717, 1.165) is 19.4 Å². The maximum Gasteiger partial charge on any atom is 0.275 e. The highest BCUT2D eigenvalue weighted by Crippen LogP contribution is 2.36. The highest BCUT2D eigenvalue weighted by Gasteiger charge is 2.32. The van der Waals surface area contributed by atoms with E-state index < -0.39 is 6.23 Å². The summed E-state index contributed by atoms with van der Waals surface area (Å²) in [5.41, 5.74) is 5.79. The van der Waals surface area contributed by atoms with Gasteiger partial charge in [0.2, 0.25) is 0 Å². The number of hydrogen-bond acceptors (Lipinski definition) is 3. The van der Waals surface area contributed by atoms with E-state index in [2.05, 4.69) is 56.8 Å². The Morgan fingerprint density at radius 3 is 2.70 bits per heavy atom. The summed E-state index contributed by atoms with van der Waals surface area (Å²) in [6, 6.07) is 0. The topological polar surface area (TPSA) is 73.3 Å². The standard InChI is InChI=1S/C19H33N3O/c1-6-14(3)15(4)19(5,7-2)13-22-18(23)11-9-16-8-10-17(20)21-12-16/h10,12,14-16,18,22-23H,6-8,13,20H2,1-5H3/p+1/t14-,15-,16?,18?,19?/m0/s1. The van der Waals surface area contributed by atoms with Crippen molar-refractivity contribution in [3.63, 3.8) is 0 Å². The Kier molecular flexibility index (Phi) is 7.81. The molecule has 5 atom stereocenters. The van der Waals surface area contributed by atoms with E-state index in [1.807, 2.05) is 6.08 Å². The summed E-state index contributed by atoms with van der Waals surface area (Å²) in [7, 11) is 0. The molecule has 1 aliphatic rings. The maximum absolute atomic E-state index is 8.11. The molecule has 5 N–H and O–H groups in total. The van der Waals surface area contributed by atoms with Crippen LogP contribution in [0.5, 0.6) is 0 Å². The number of nitrogens with zero attached hydrogens (tertiary/aromatic N) is 1. The first kappa shape index (κ1) is 19.7. The van der Waals surface area contributed by atoms with Crippen LogP contribution in [0.15, 0.2) is 16.9 Å². The summed E-state index contributed by atoms with van der Waals surface area (Å²) in [5, 5.41) is 11.4. The molecule has 23 heavy (non-hydrogen) atoms. The zero-order valence-electron chi connectivity index (χ0n) is 15.3. The third-order valence-corrected chi connectivity index (χ3v) is 5.51. The fraction of sp³-hybridized carbons (Fsp3) is 0.737. The minimum Gasteiger partial charge on any atom is -0.421 e. The molecule has 0 spiro atoms. The van der Waals surface area contributed by atoms with Gasteiger partial charge in [-0.3, -0.25) is 0 Å². The number of allylic oxidation sites excluding steroid dienone is 1. The third-order valence-electron chi connectivity index (χ3n) is 5.51. The van der Waals surface area contributed by atoms with Crippen molar-refractivity contribution >= 4 is 6.21 Å². The van der Waals surface area contributed by atoms with E-state index in [0.29, 0.717) is 17.7 Å². The highest BCUT2D eigenvalue weighted by atomic mass is 16.3. The zero-order valence-corrected chi connectivity index (χ0v) is 15.3. The highest BCUT2D eigenvalue weighted by molar-refractivity contribution is 5.67. The van der Waals surface area contributed by atoms with Crippen molar-refractivity contribution < 1.29 is 5.11 Å². The lowest BCUT2D eigenvalue weighted by molar-refractivity contribution is 0.101. The van der Waals surface area contributed by atoms with Gasteiger partial charge in [-0.05, 0) is 36.2 Å². The molecular weight excluding hydrogens is 286 g/mol. The second kappa shape index (κ2) is 9.10. The number of aliphatic imine (C=N–C) groups is 1. The van der Waals surface area contributed by atoms with Gasteiger partial charge in [-0.25, -0.2) is 10.3 Å². The van der Waals surface area contributed by atoms with Crippen LogP contribution in [0.3, 0.4) is 0 Å². The maximum atomic E-state index is 8.11. The summed E-state index contributed by atoms with van der Waals surface area (Å²) >= 11 is 0. The Hall–Kier alpha value is -1.31. The molecule has 4 nitrogen and oxygen atoms in total. The van der Waals surface area contributed by atoms with Crippen LogP contribution in [0, 0.1) is 35.0 Å². The second-order valence-electron chi connectivity index (χ2n) is 7.03. The van der Waals surface area contributed by atoms with Gasteiger partial charge in [0.05, 0.1) is 5.92 Å². The SMILES string of the molecule is CC[C@H](C)[C@H](C)C(C)(CC)CNC([OH2+])C#CC1C=NC(N)=CC1. The van der Waals surface area contributed by atoms with E-state index in [9.17, 15) is 0 Å². The lowest BCUT2D eigenvalue weighted by Gasteiger charge is -2.38. The Bertz CT molecular complexity index is 489. The molecule has 0 bridgehead atoms. The van der Waals surface area contributed by atoms with Gasteiger partial charge in [-0.15, -0.1) is 0 Å². The van der Waals surface area contributed by atoms with Gasteiger partial charge in [0.15, 0.2) is 0 Å². The molecule has 0 aromatic rings. The normalized spacial score (nSPS) is 23.9. The predicted molar refractivity (Wildman–Crippen MR) is 99.1 cm³/mol. The molecule has 1 rings (SSSR count). The molecule has 3 unspecified atom stereocenters. The van der Waals surface area contributed by atoms with Gasteiger partial charge in [0.1, 0.15) is 5.82 Å². The molecule has 0 radical (unpaired) electrons. The van der Waals surface area contributed by atoms with Gasteiger partial charge in [0.25, 0.3) is 6.23 Å². The Morgan fingerprint density at radius 1 is 1.48 bits per heavy atom. The molecule has 0 aliphatic carbocycles. The Balaban J connectivity index is 2.54. The van der Waals surface area contributed by atoms with Crippen LogP contribution in [-0.2, 0) is 0 Å². The summed E-state index contributed by atoms with van der Waals surface area (Å²) < 4.78 is 0. The van der Waals surface area contributed by atoms with Crippen molar-refractivity contribution in [1.29, 1.82) is 0 Å². The molecule has 0 saturated carbocycles. The molecule has 0 aromatic heterocycles. The summed E-state index contributed by atoms with van der Waals surface area (Å²) in [6.45, 7) is 12.3. The fourth-order valence-corrected chi connectivity index (χ4v) is 2.86. The van der Waals surface area contributed by atoms with Crippen molar-refractivity contribution in [3.05, 3.63) is 11.9 Å². The summed E-state index contributed by atoms with van der Waals surface area (Å²) in [5.74, 6) is 8.04. The van der Waals surface area contributed by atoms with Crippen LogP contribution in [0.2, 0.25) is 0 Å². The first-order chi connectivity index (χ1) is 10.8. The molecule has 1 aliphatic heterocycles. The molecule has 0 amide bonds.